The van der Waals surface area contributed by atoms with E-state index in [0.29, 0.717) is 24.9 Å². The van der Waals surface area contributed by atoms with Crippen LogP contribution in [-0.2, 0) is 17.8 Å². The Balaban J connectivity index is 2.68. The van der Waals surface area contributed by atoms with Crippen molar-refractivity contribution in [3.05, 3.63) is 32.6 Å². The van der Waals surface area contributed by atoms with Gasteiger partial charge in [-0.3, -0.25) is 9.78 Å². The van der Waals surface area contributed by atoms with Gasteiger partial charge in [-0.15, -0.1) is 0 Å². The van der Waals surface area contributed by atoms with Crippen molar-refractivity contribution in [2.75, 3.05) is 0 Å². The zero-order valence-electron chi connectivity index (χ0n) is 10.3. The summed E-state index contributed by atoms with van der Waals surface area (Å²) in [5.41, 5.74) is -0.0799. The number of hydrogen-bond acceptors (Lipinski definition) is 3. The number of carbonyl (C=O) groups excluding carboxylic acids is 1. The van der Waals surface area contributed by atoms with Gasteiger partial charge < -0.3 is 9.36 Å². The first-order valence-electron chi connectivity index (χ1n) is 5.86. The summed E-state index contributed by atoms with van der Waals surface area (Å²) in [6, 6.07) is 0. The molecule has 5 nitrogen and oxygen atoms in total. The van der Waals surface area contributed by atoms with Crippen LogP contribution in [0.1, 0.15) is 38.7 Å². The van der Waals surface area contributed by atoms with Crippen molar-refractivity contribution >= 4 is 5.78 Å². The molecule has 0 spiro atoms. The van der Waals surface area contributed by atoms with Crippen molar-refractivity contribution in [3.8, 4) is 0 Å². The van der Waals surface area contributed by atoms with E-state index in [9.17, 15) is 14.4 Å². The van der Waals surface area contributed by atoms with Crippen LogP contribution in [0, 0.1) is 0 Å². The van der Waals surface area contributed by atoms with E-state index in [-0.39, 0.29) is 17.0 Å². The number of nitrogens with zero attached hydrogens (tertiary/aromatic N) is 1. The lowest BCUT2D eigenvalue weighted by Crippen LogP contribution is -2.31. The number of carbonyl (C=O) groups is 1. The molecule has 0 amide bonds. The standard InChI is InChI=1S/C12H18N2O3/c1-3-10-8-14(12(17)13-11(10)16)7-5-4-6-9(2)15/h8H,3-7H2,1-2H3,(H,13,16,17). The Kier molecular flexibility index (Phi) is 4.87. The molecular weight excluding hydrogens is 220 g/mol. The highest BCUT2D eigenvalue weighted by molar-refractivity contribution is 5.75. The Labute approximate surface area is 99.5 Å². The summed E-state index contributed by atoms with van der Waals surface area (Å²) in [4.78, 5) is 35.8. The van der Waals surface area contributed by atoms with Crippen LogP contribution in [0.4, 0.5) is 0 Å². The zero-order valence-corrected chi connectivity index (χ0v) is 10.3. The van der Waals surface area contributed by atoms with Crippen LogP contribution in [0.25, 0.3) is 0 Å². The van der Waals surface area contributed by atoms with Crippen molar-refractivity contribution in [1.29, 1.82) is 0 Å². The summed E-state index contributed by atoms with van der Waals surface area (Å²) in [6.07, 6.45) is 4.27. The minimum Gasteiger partial charge on any atom is -0.300 e. The molecule has 94 valence electrons. The van der Waals surface area contributed by atoms with Gasteiger partial charge >= 0.3 is 5.69 Å². The lowest BCUT2D eigenvalue weighted by Gasteiger charge is -2.06. The molecule has 0 aromatic carbocycles. The quantitative estimate of drug-likeness (QED) is 0.747. The number of rotatable bonds is 6. The largest absolute Gasteiger partial charge is 0.328 e. The molecule has 0 fully saturated rings. The maximum absolute atomic E-state index is 11.5. The molecule has 1 N–H and O–H groups in total. The molecule has 0 aliphatic heterocycles. The van der Waals surface area contributed by atoms with Gasteiger partial charge in [-0.25, -0.2) is 4.79 Å². The normalized spacial score (nSPS) is 10.5. The average Bonchev–Trinajstić information content (AvgIpc) is 2.26. The molecule has 17 heavy (non-hydrogen) atoms. The molecule has 5 heteroatoms. The molecule has 1 aromatic rings. The van der Waals surface area contributed by atoms with Gasteiger partial charge in [-0.2, -0.15) is 0 Å². The van der Waals surface area contributed by atoms with Crippen LogP contribution in [-0.4, -0.2) is 15.3 Å². The van der Waals surface area contributed by atoms with E-state index >= 15 is 0 Å². The van der Waals surface area contributed by atoms with Crippen LogP contribution in [0.2, 0.25) is 0 Å². The van der Waals surface area contributed by atoms with E-state index in [4.69, 9.17) is 0 Å². The highest BCUT2D eigenvalue weighted by Crippen LogP contribution is 1.99. The van der Waals surface area contributed by atoms with E-state index in [2.05, 4.69) is 4.98 Å². The van der Waals surface area contributed by atoms with Gasteiger partial charge in [0.2, 0.25) is 0 Å². The third kappa shape index (κ3) is 4.01. The van der Waals surface area contributed by atoms with E-state index in [0.717, 1.165) is 12.8 Å². The van der Waals surface area contributed by atoms with Crippen molar-refractivity contribution < 1.29 is 4.79 Å². The molecule has 1 rings (SSSR count). The summed E-state index contributed by atoms with van der Waals surface area (Å²) >= 11 is 0. The SMILES string of the molecule is CCc1cn(CCCCC(C)=O)c(=O)[nH]c1=O. The first-order valence-corrected chi connectivity index (χ1v) is 5.86. The van der Waals surface area contributed by atoms with Gasteiger partial charge in [0.15, 0.2) is 0 Å². The summed E-state index contributed by atoms with van der Waals surface area (Å²) in [5.74, 6) is 0.160. The minimum atomic E-state index is -0.380. The van der Waals surface area contributed by atoms with Crippen molar-refractivity contribution in [1.82, 2.24) is 9.55 Å². The van der Waals surface area contributed by atoms with Crippen LogP contribution in [0.3, 0.4) is 0 Å². The molecule has 0 aliphatic rings. The Morgan fingerprint density at radius 1 is 1.35 bits per heavy atom. The molecule has 1 heterocycles. The fraction of sp³-hybridized carbons (Fsp3) is 0.583. The monoisotopic (exact) mass is 238 g/mol. The van der Waals surface area contributed by atoms with Gasteiger partial charge in [0.25, 0.3) is 5.56 Å². The molecular formula is C12H18N2O3. The van der Waals surface area contributed by atoms with Crippen LogP contribution in [0.15, 0.2) is 15.8 Å². The van der Waals surface area contributed by atoms with Crippen LogP contribution in [0.5, 0.6) is 0 Å². The number of H-pyrrole nitrogens is 1. The fourth-order valence-corrected chi connectivity index (χ4v) is 1.63. The molecule has 0 radical (unpaired) electrons. The third-order valence-corrected chi connectivity index (χ3v) is 2.64. The number of aromatic nitrogens is 2. The van der Waals surface area contributed by atoms with Crippen molar-refractivity contribution in [2.45, 2.75) is 46.1 Å². The summed E-state index contributed by atoms with van der Waals surface area (Å²) < 4.78 is 1.50. The molecule has 0 saturated heterocycles. The number of unbranched alkanes of at least 4 members (excludes halogenated alkanes) is 1. The molecule has 0 bridgehead atoms. The van der Waals surface area contributed by atoms with Gasteiger partial charge in [0.05, 0.1) is 0 Å². The van der Waals surface area contributed by atoms with E-state index in [1.807, 2.05) is 6.92 Å². The van der Waals surface area contributed by atoms with Crippen molar-refractivity contribution in [3.63, 3.8) is 0 Å². The Hall–Kier alpha value is -1.65. The number of nitrogens with one attached hydrogen (secondary N) is 1. The van der Waals surface area contributed by atoms with Crippen LogP contribution >= 0.6 is 0 Å². The maximum Gasteiger partial charge on any atom is 0.328 e. The first-order chi connectivity index (χ1) is 8.04. The van der Waals surface area contributed by atoms with E-state index in [1.165, 1.54) is 4.57 Å². The van der Waals surface area contributed by atoms with Gasteiger partial charge in [-0.1, -0.05) is 6.92 Å². The molecule has 0 atom stereocenters. The predicted molar refractivity (Wildman–Crippen MR) is 65.2 cm³/mol. The summed E-state index contributed by atoms with van der Waals surface area (Å²) in [5, 5.41) is 0. The number of aromatic amines is 1. The van der Waals surface area contributed by atoms with Crippen LogP contribution < -0.4 is 11.2 Å². The number of hydrogen-bond donors (Lipinski definition) is 1. The summed E-state index contributed by atoms with van der Waals surface area (Å²) in [7, 11) is 0. The second-order valence-electron chi connectivity index (χ2n) is 4.12. The van der Waals surface area contributed by atoms with Gasteiger partial charge in [0.1, 0.15) is 5.78 Å². The van der Waals surface area contributed by atoms with Crippen molar-refractivity contribution in [2.24, 2.45) is 0 Å². The number of aryl methyl sites for hydroxylation is 2. The highest BCUT2D eigenvalue weighted by Gasteiger charge is 2.02. The Morgan fingerprint density at radius 2 is 2.06 bits per heavy atom. The zero-order chi connectivity index (χ0) is 12.8. The molecule has 0 aliphatic carbocycles. The molecule has 1 aromatic heterocycles. The first kappa shape index (κ1) is 13.4. The fourth-order valence-electron chi connectivity index (χ4n) is 1.63. The molecule has 0 unspecified atom stereocenters. The maximum atomic E-state index is 11.5. The smallest absolute Gasteiger partial charge is 0.300 e. The minimum absolute atomic E-state index is 0.160. The van der Waals surface area contributed by atoms with Gasteiger partial charge in [-0.05, 0) is 26.2 Å². The second kappa shape index (κ2) is 6.18. The summed E-state index contributed by atoms with van der Waals surface area (Å²) in [6.45, 7) is 3.96. The number of Topliss-reactive ketones (excluding diaryl/α,β-unsaturated/α-hetero) is 1. The topological polar surface area (TPSA) is 71.9 Å². The third-order valence-electron chi connectivity index (χ3n) is 2.64. The van der Waals surface area contributed by atoms with E-state index < -0.39 is 0 Å². The predicted octanol–water partition coefficient (Wildman–Crippen LogP) is 0.858. The Morgan fingerprint density at radius 3 is 2.65 bits per heavy atom. The van der Waals surface area contributed by atoms with E-state index in [1.54, 1.807) is 13.1 Å². The average molecular weight is 238 g/mol. The molecule has 0 saturated carbocycles. The number of ketones is 1. The Bertz CT molecular complexity index is 499. The lowest BCUT2D eigenvalue weighted by atomic mass is 10.2. The highest BCUT2D eigenvalue weighted by atomic mass is 16.2. The lowest BCUT2D eigenvalue weighted by molar-refractivity contribution is -0.117. The van der Waals surface area contributed by atoms with Gasteiger partial charge in [0, 0.05) is 24.7 Å². The second-order valence-corrected chi connectivity index (χ2v) is 4.12.